The highest BCUT2D eigenvalue weighted by Gasteiger charge is 2.21. The number of esters is 1. The minimum atomic E-state index is -0.231. The molecule has 3 nitrogen and oxygen atoms in total. The van der Waals surface area contributed by atoms with E-state index in [4.69, 9.17) is 4.74 Å². The van der Waals surface area contributed by atoms with E-state index in [9.17, 15) is 9.59 Å². The summed E-state index contributed by atoms with van der Waals surface area (Å²) in [5.41, 5.74) is 0.785. The quantitative estimate of drug-likeness (QED) is 0.648. The molecule has 0 radical (unpaired) electrons. The number of Topliss-reactive ketones (excluding diaryl/α,β-unsaturated/α-hetero) is 1. The van der Waals surface area contributed by atoms with Crippen LogP contribution in [0.25, 0.3) is 0 Å². The van der Waals surface area contributed by atoms with E-state index in [2.05, 4.69) is 0 Å². The van der Waals surface area contributed by atoms with Crippen molar-refractivity contribution in [2.45, 2.75) is 45.6 Å². The van der Waals surface area contributed by atoms with Crippen molar-refractivity contribution in [2.75, 3.05) is 0 Å². The summed E-state index contributed by atoms with van der Waals surface area (Å²) < 4.78 is 5.15. The van der Waals surface area contributed by atoms with Crippen molar-refractivity contribution in [2.24, 2.45) is 0 Å². The van der Waals surface area contributed by atoms with Crippen molar-refractivity contribution < 1.29 is 14.3 Å². The second kappa shape index (κ2) is 4.94. The molecule has 0 fully saturated rings. The van der Waals surface area contributed by atoms with Gasteiger partial charge in [-0.15, -0.1) is 0 Å². The number of allylic oxidation sites excluding steroid dienone is 1. The molecule has 0 heterocycles. The maximum Gasteiger partial charge on any atom is 0.306 e. The Bertz CT molecular complexity index is 266. The first kappa shape index (κ1) is 11.0. The molecule has 1 rings (SSSR count). The molecule has 1 unspecified atom stereocenters. The van der Waals surface area contributed by atoms with Crippen LogP contribution in [0.4, 0.5) is 0 Å². The smallest absolute Gasteiger partial charge is 0.306 e. The molecule has 0 N–H and O–H groups in total. The summed E-state index contributed by atoms with van der Waals surface area (Å²) in [7, 11) is 0. The Hall–Kier alpha value is -1.12. The molecule has 0 aromatic rings. The lowest BCUT2D eigenvalue weighted by Gasteiger charge is -2.19. The molecule has 0 spiro atoms. The number of carbonyl (C=O) groups excluding carboxylic acids is 2. The van der Waals surface area contributed by atoms with Gasteiger partial charge in [-0.05, 0) is 18.9 Å². The van der Waals surface area contributed by atoms with E-state index in [1.165, 1.54) is 0 Å². The highest BCUT2D eigenvalue weighted by atomic mass is 16.5. The highest BCUT2D eigenvalue weighted by molar-refractivity contribution is 5.96. The first-order valence-electron chi connectivity index (χ1n) is 5.03. The second-order valence-electron chi connectivity index (χ2n) is 3.61. The van der Waals surface area contributed by atoms with Crippen LogP contribution in [0.15, 0.2) is 11.6 Å². The molecular formula is C11H16O3. The van der Waals surface area contributed by atoms with Gasteiger partial charge < -0.3 is 4.74 Å². The van der Waals surface area contributed by atoms with Gasteiger partial charge >= 0.3 is 5.97 Å². The molecular weight excluding hydrogens is 180 g/mol. The summed E-state index contributed by atoms with van der Waals surface area (Å²) >= 11 is 0. The summed E-state index contributed by atoms with van der Waals surface area (Å²) in [5.74, 6) is -0.108. The SMILES string of the molecule is CCCC(=O)OC1CC=C(C)C(=O)C1. The summed E-state index contributed by atoms with van der Waals surface area (Å²) in [5, 5.41) is 0. The average molecular weight is 196 g/mol. The van der Waals surface area contributed by atoms with E-state index >= 15 is 0 Å². The van der Waals surface area contributed by atoms with Gasteiger partial charge in [-0.25, -0.2) is 0 Å². The number of hydrogen-bond donors (Lipinski definition) is 0. The van der Waals surface area contributed by atoms with Crippen molar-refractivity contribution in [3.8, 4) is 0 Å². The molecule has 0 bridgehead atoms. The summed E-state index contributed by atoms with van der Waals surface area (Å²) in [6.45, 7) is 3.73. The van der Waals surface area contributed by atoms with Crippen molar-refractivity contribution >= 4 is 11.8 Å². The number of ether oxygens (including phenoxy) is 1. The molecule has 1 aliphatic carbocycles. The summed E-state index contributed by atoms with van der Waals surface area (Å²) in [4.78, 5) is 22.4. The predicted molar refractivity (Wildman–Crippen MR) is 52.8 cm³/mol. The Balaban J connectivity index is 2.42. The van der Waals surface area contributed by atoms with Gasteiger partial charge in [0.2, 0.25) is 0 Å². The van der Waals surface area contributed by atoms with Crippen LogP contribution in [0.2, 0.25) is 0 Å². The largest absolute Gasteiger partial charge is 0.462 e. The van der Waals surface area contributed by atoms with Gasteiger partial charge in [-0.1, -0.05) is 13.0 Å². The maximum absolute atomic E-state index is 11.3. The summed E-state index contributed by atoms with van der Waals surface area (Å²) in [6.07, 6.45) is 3.85. The van der Waals surface area contributed by atoms with Crippen LogP contribution in [-0.2, 0) is 14.3 Å². The van der Waals surface area contributed by atoms with E-state index < -0.39 is 0 Å². The van der Waals surface area contributed by atoms with E-state index in [0.29, 0.717) is 19.3 Å². The zero-order chi connectivity index (χ0) is 10.6. The molecule has 0 saturated carbocycles. The number of rotatable bonds is 3. The van der Waals surface area contributed by atoms with Crippen LogP contribution in [0.3, 0.4) is 0 Å². The van der Waals surface area contributed by atoms with E-state index in [-0.39, 0.29) is 17.9 Å². The van der Waals surface area contributed by atoms with Crippen molar-refractivity contribution in [1.82, 2.24) is 0 Å². The van der Waals surface area contributed by atoms with E-state index in [1.807, 2.05) is 13.0 Å². The van der Waals surface area contributed by atoms with Gasteiger partial charge in [0.25, 0.3) is 0 Å². The standard InChI is InChI=1S/C11H16O3/c1-3-4-11(13)14-9-6-5-8(2)10(12)7-9/h5,9H,3-4,6-7H2,1-2H3. The molecule has 3 heteroatoms. The third kappa shape index (κ3) is 2.98. The lowest BCUT2D eigenvalue weighted by Crippen LogP contribution is -2.24. The Labute approximate surface area is 84.1 Å². The van der Waals surface area contributed by atoms with Crippen LogP contribution in [-0.4, -0.2) is 17.9 Å². The van der Waals surface area contributed by atoms with Crippen molar-refractivity contribution in [1.29, 1.82) is 0 Å². The molecule has 0 aromatic carbocycles. The van der Waals surface area contributed by atoms with Crippen LogP contribution < -0.4 is 0 Å². The lowest BCUT2D eigenvalue weighted by molar-refractivity contribution is -0.150. The Morgan fingerprint density at radius 2 is 2.36 bits per heavy atom. The van der Waals surface area contributed by atoms with Gasteiger partial charge in [-0.2, -0.15) is 0 Å². The molecule has 0 aliphatic heterocycles. The zero-order valence-electron chi connectivity index (χ0n) is 8.71. The Morgan fingerprint density at radius 3 is 2.93 bits per heavy atom. The third-order valence-electron chi connectivity index (χ3n) is 2.29. The fraction of sp³-hybridized carbons (Fsp3) is 0.636. The minimum Gasteiger partial charge on any atom is -0.462 e. The average Bonchev–Trinajstić information content (AvgIpc) is 2.12. The predicted octanol–water partition coefficient (Wildman–Crippen LogP) is 2.01. The molecule has 0 aromatic heterocycles. The second-order valence-corrected chi connectivity index (χ2v) is 3.61. The molecule has 14 heavy (non-hydrogen) atoms. The lowest BCUT2D eigenvalue weighted by atomic mass is 9.97. The molecule has 1 aliphatic rings. The first-order valence-corrected chi connectivity index (χ1v) is 5.03. The van der Waals surface area contributed by atoms with Gasteiger partial charge in [-0.3, -0.25) is 9.59 Å². The topological polar surface area (TPSA) is 43.4 Å². The highest BCUT2D eigenvalue weighted by Crippen LogP contribution is 2.17. The van der Waals surface area contributed by atoms with Gasteiger partial charge in [0, 0.05) is 19.3 Å². The van der Waals surface area contributed by atoms with Crippen LogP contribution >= 0.6 is 0 Å². The normalized spacial score (nSPS) is 21.7. The van der Waals surface area contributed by atoms with Crippen molar-refractivity contribution in [3.05, 3.63) is 11.6 Å². The fourth-order valence-corrected chi connectivity index (χ4v) is 1.41. The van der Waals surface area contributed by atoms with E-state index in [0.717, 1.165) is 12.0 Å². The summed E-state index contributed by atoms with van der Waals surface area (Å²) in [6, 6.07) is 0. The molecule has 0 amide bonds. The fourth-order valence-electron chi connectivity index (χ4n) is 1.41. The molecule has 78 valence electrons. The van der Waals surface area contributed by atoms with Crippen LogP contribution in [0.1, 0.15) is 39.5 Å². The zero-order valence-corrected chi connectivity index (χ0v) is 8.71. The third-order valence-corrected chi connectivity index (χ3v) is 2.29. The van der Waals surface area contributed by atoms with Crippen molar-refractivity contribution in [3.63, 3.8) is 0 Å². The number of carbonyl (C=O) groups is 2. The number of hydrogen-bond acceptors (Lipinski definition) is 3. The number of ketones is 1. The first-order chi connectivity index (χ1) is 6.63. The minimum absolute atomic E-state index is 0.0885. The van der Waals surface area contributed by atoms with Gasteiger partial charge in [0.15, 0.2) is 5.78 Å². The van der Waals surface area contributed by atoms with E-state index in [1.54, 1.807) is 6.92 Å². The molecule has 1 atom stereocenters. The molecule has 0 saturated heterocycles. The van der Waals surface area contributed by atoms with Crippen LogP contribution in [0.5, 0.6) is 0 Å². The van der Waals surface area contributed by atoms with Crippen LogP contribution in [0, 0.1) is 0 Å². The Morgan fingerprint density at radius 1 is 1.64 bits per heavy atom. The van der Waals surface area contributed by atoms with Gasteiger partial charge in [0.05, 0.1) is 0 Å². The Kier molecular flexibility index (Phi) is 3.86. The monoisotopic (exact) mass is 196 g/mol. The maximum atomic E-state index is 11.3. The van der Waals surface area contributed by atoms with Gasteiger partial charge in [0.1, 0.15) is 6.10 Å².